The molecule has 5 rings (SSSR count). The molecule has 1 saturated carbocycles. The maximum atomic E-state index is 13.4. The van der Waals surface area contributed by atoms with Gasteiger partial charge < -0.3 is 10.1 Å². The lowest BCUT2D eigenvalue weighted by Gasteiger charge is -2.48. The SMILES string of the molecule is O=C(NCC1(N2CCOCC2)CCCCC1)c1cn(-c2ncccn2)c2nccc(Cl)c12. The summed E-state index contributed by atoms with van der Waals surface area (Å²) in [5.74, 6) is 0.293. The Labute approximate surface area is 192 Å². The monoisotopic (exact) mass is 454 g/mol. The number of nitrogens with one attached hydrogen (secondary N) is 1. The first kappa shape index (κ1) is 21.3. The third-order valence-corrected chi connectivity index (χ3v) is 7.01. The van der Waals surface area contributed by atoms with E-state index in [2.05, 4.69) is 25.2 Å². The Bertz CT molecular complexity index is 1090. The number of amides is 1. The van der Waals surface area contributed by atoms with Crippen molar-refractivity contribution >= 4 is 28.5 Å². The van der Waals surface area contributed by atoms with Crippen molar-refractivity contribution in [1.29, 1.82) is 0 Å². The normalized spacial score (nSPS) is 19.2. The van der Waals surface area contributed by atoms with Crippen LogP contribution in [-0.2, 0) is 4.74 Å². The topological polar surface area (TPSA) is 85.2 Å². The number of rotatable bonds is 5. The number of hydrogen-bond donors (Lipinski definition) is 1. The Morgan fingerprint density at radius 1 is 1.09 bits per heavy atom. The van der Waals surface area contributed by atoms with Gasteiger partial charge in [-0.2, -0.15) is 0 Å². The molecule has 3 aromatic heterocycles. The van der Waals surface area contributed by atoms with Crippen molar-refractivity contribution < 1.29 is 9.53 Å². The molecule has 8 nitrogen and oxygen atoms in total. The second-order valence-electron chi connectivity index (χ2n) is 8.52. The molecular formula is C23H27ClN6O2. The predicted molar refractivity (Wildman–Crippen MR) is 122 cm³/mol. The molecule has 0 aromatic carbocycles. The van der Waals surface area contributed by atoms with E-state index in [1.807, 2.05) is 0 Å². The zero-order valence-electron chi connectivity index (χ0n) is 18.0. The van der Waals surface area contributed by atoms with E-state index in [0.717, 1.165) is 39.1 Å². The molecule has 1 N–H and O–H groups in total. The van der Waals surface area contributed by atoms with Gasteiger partial charge in [-0.3, -0.25) is 14.3 Å². The molecule has 2 aliphatic rings. The first-order valence-electron chi connectivity index (χ1n) is 11.2. The highest BCUT2D eigenvalue weighted by Crippen LogP contribution is 2.34. The molecule has 3 aromatic rings. The van der Waals surface area contributed by atoms with Crippen LogP contribution in [0.25, 0.3) is 17.0 Å². The summed E-state index contributed by atoms with van der Waals surface area (Å²) >= 11 is 6.51. The molecule has 0 atom stereocenters. The fourth-order valence-electron chi connectivity index (χ4n) is 5.05. The maximum absolute atomic E-state index is 13.4. The highest BCUT2D eigenvalue weighted by molar-refractivity contribution is 6.36. The average Bonchev–Trinajstić information content (AvgIpc) is 3.25. The Hall–Kier alpha value is -2.55. The lowest BCUT2D eigenvalue weighted by Crippen LogP contribution is -2.59. The summed E-state index contributed by atoms with van der Waals surface area (Å²) in [5, 5.41) is 4.32. The van der Waals surface area contributed by atoms with Gasteiger partial charge in [0.05, 0.1) is 29.2 Å². The highest BCUT2D eigenvalue weighted by Gasteiger charge is 2.39. The summed E-state index contributed by atoms with van der Waals surface area (Å²) < 4.78 is 7.29. The predicted octanol–water partition coefficient (Wildman–Crippen LogP) is 3.23. The smallest absolute Gasteiger partial charge is 0.253 e. The summed E-state index contributed by atoms with van der Waals surface area (Å²) in [5.41, 5.74) is 1.04. The van der Waals surface area contributed by atoms with Crippen molar-refractivity contribution in [1.82, 2.24) is 29.7 Å². The third kappa shape index (κ3) is 3.98. The zero-order chi connectivity index (χ0) is 22.0. The number of ether oxygens (including phenoxy) is 1. The van der Waals surface area contributed by atoms with E-state index < -0.39 is 0 Å². The van der Waals surface area contributed by atoms with Crippen LogP contribution < -0.4 is 5.32 Å². The number of aromatic nitrogens is 4. The number of morpholine rings is 1. The van der Waals surface area contributed by atoms with Crippen LogP contribution in [0.15, 0.2) is 36.9 Å². The van der Waals surface area contributed by atoms with Gasteiger partial charge in [-0.25, -0.2) is 15.0 Å². The van der Waals surface area contributed by atoms with E-state index in [-0.39, 0.29) is 11.4 Å². The second-order valence-corrected chi connectivity index (χ2v) is 8.93. The van der Waals surface area contributed by atoms with Crippen molar-refractivity contribution in [3.8, 4) is 5.95 Å². The molecule has 168 valence electrons. The van der Waals surface area contributed by atoms with E-state index >= 15 is 0 Å². The molecule has 1 saturated heterocycles. The van der Waals surface area contributed by atoms with Gasteiger partial charge in [0.1, 0.15) is 5.65 Å². The molecule has 0 bridgehead atoms. The van der Waals surface area contributed by atoms with Crippen LogP contribution in [-0.4, -0.2) is 68.7 Å². The van der Waals surface area contributed by atoms with Crippen LogP contribution in [0.1, 0.15) is 42.5 Å². The fraction of sp³-hybridized carbons (Fsp3) is 0.478. The minimum absolute atomic E-state index is 0.0132. The molecule has 1 amide bonds. The van der Waals surface area contributed by atoms with E-state index in [1.54, 1.807) is 41.5 Å². The largest absolute Gasteiger partial charge is 0.379 e. The number of pyridine rings is 1. The Morgan fingerprint density at radius 3 is 2.59 bits per heavy atom. The van der Waals surface area contributed by atoms with Crippen LogP contribution in [0.4, 0.5) is 0 Å². The van der Waals surface area contributed by atoms with Gasteiger partial charge in [0.2, 0.25) is 5.95 Å². The Morgan fingerprint density at radius 2 is 1.84 bits per heavy atom. The minimum atomic E-state index is -0.155. The van der Waals surface area contributed by atoms with Gasteiger partial charge in [-0.15, -0.1) is 0 Å². The van der Waals surface area contributed by atoms with Gasteiger partial charge >= 0.3 is 0 Å². The molecule has 2 fully saturated rings. The van der Waals surface area contributed by atoms with Crippen LogP contribution in [0, 0.1) is 0 Å². The van der Waals surface area contributed by atoms with E-state index in [9.17, 15) is 4.79 Å². The standard InChI is InChI=1S/C23H27ClN6O2/c24-18-5-10-25-20-19(18)17(15-30(20)22-26-8-4-9-27-22)21(31)28-16-23(6-2-1-3-7-23)29-11-13-32-14-12-29/h4-5,8-10,15H,1-3,6-7,11-14,16H2,(H,28,31). The van der Waals surface area contributed by atoms with Gasteiger partial charge in [-0.05, 0) is 25.0 Å². The van der Waals surface area contributed by atoms with Crippen molar-refractivity contribution in [2.45, 2.75) is 37.6 Å². The van der Waals surface area contributed by atoms with Crippen LogP contribution in [0.2, 0.25) is 5.02 Å². The summed E-state index contributed by atoms with van der Waals surface area (Å²) in [6, 6.07) is 3.45. The number of nitrogens with zero attached hydrogens (tertiary/aromatic N) is 5. The second kappa shape index (κ2) is 9.13. The Kier molecular flexibility index (Phi) is 6.08. The molecule has 0 spiro atoms. The number of halogens is 1. The van der Waals surface area contributed by atoms with Crippen molar-refractivity contribution in [2.24, 2.45) is 0 Å². The van der Waals surface area contributed by atoms with Crippen molar-refractivity contribution in [3.63, 3.8) is 0 Å². The van der Waals surface area contributed by atoms with Gasteiger partial charge in [0, 0.05) is 50.0 Å². The average molecular weight is 455 g/mol. The molecule has 0 radical (unpaired) electrons. The lowest BCUT2D eigenvalue weighted by molar-refractivity contribution is -0.0361. The van der Waals surface area contributed by atoms with Gasteiger partial charge in [0.15, 0.2) is 0 Å². The van der Waals surface area contributed by atoms with Crippen LogP contribution >= 0.6 is 11.6 Å². The van der Waals surface area contributed by atoms with Gasteiger partial charge in [0.25, 0.3) is 5.91 Å². The van der Waals surface area contributed by atoms with E-state index in [4.69, 9.17) is 16.3 Å². The maximum Gasteiger partial charge on any atom is 0.253 e. The van der Waals surface area contributed by atoms with Crippen LogP contribution in [0.5, 0.6) is 0 Å². The molecule has 4 heterocycles. The minimum Gasteiger partial charge on any atom is -0.379 e. The number of hydrogen-bond acceptors (Lipinski definition) is 6. The molecule has 1 aliphatic carbocycles. The fourth-order valence-corrected chi connectivity index (χ4v) is 5.29. The molecular weight excluding hydrogens is 428 g/mol. The van der Waals surface area contributed by atoms with Crippen molar-refractivity contribution in [3.05, 3.63) is 47.5 Å². The van der Waals surface area contributed by atoms with Crippen molar-refractivity contribution in [2.75, 3.05) is 32.8 Å². The first-order valence-corrected chi connectivity index (χ1v) is 11.6. The molecule has 0 unspecified atom stereocenters. The lowest BCUT2D eigenvalue weighted by atomic mass is 9.79. The summed E-state index contributed by atoms with van der Waals surface area (Å²) in [4.78, 5) is 29.0. The summed E-state index contributed by atoms with van der Waals surface area (Å²) in [6.45, 7) is 3.94. The number of fused-ring (bicyclic) bond motifs is 1. The summed E-state index contributed by atoms with van der Waals surface area (Å²) in [6.07, 6.45) is 12.5. The quantitative estimate of drug-likeness (QED) is 0.637. The third-order valence-electron chi connectivity index (χ3n) is 6.69. The van der Waals surface area contributed by atoms with Gasteiger partial charge in [-0.1, -0.05) is 30.9 Å². The molecule has 9 heteroatoms. The molecule has 1 aliphatic heterocycles. The number of carbonyl (C=O) groups excluding carboxylic acids is 1. The van der Waals surface area contributed by atoms with E-state index in [0.29, 0.717) is 34.1 Å². The summed E-state index contributed by atoms with van der Waals surface area (Å²) in [7, 11) is 0. The Balaban J connectivity index is 1.44. The first-order chi connectivity index (χ1) is 15.7. The molecule has 32 heavy (non-hydrogen) atoms. The zero-order valence-corrected chi connectivity index (χ0v) is 18.7. The highest BCUT2D eigenvalue weighted by atomic mass is 35.5. The van der Waals surface area contributed by atoms with Crippen LogP contribution in [0.3, 0.4) is 0 Å². The number of carbonyl (C=O) groups is 1. The van der Waals surface area contributed by atoms with E-state index in [1.165, 1.54) is 19.3 Å².